The molecule has 0 radical (unpaired) electrons. The van der Waals surface area contributed by atoms with Crippen molar-refractivity contribution in [2.24, 2.45) is 10.9 Å². The lowest BCUT2D eigenvalue weighted by molar-refractivity contribution is -0.137. The summed E-state index contributed by atoms with van der Waals surface area (Å²) < 4.78 is 39.6. The summed E-state index contributed by atoms with van der Waals surface area (Å²) in [5.74, 6) is -0.940. The normalized spacial score (nSPS) is 12.7. The summed E-state index contributed by atoms with van der Waals surface area (Å²) in [7, 11) is 0. The number of alkyl halides is 3. The highest BCUT2D eigenvalue weighted by Gasteiger charge is 2.35. The first kappa shape index (κ1) is 12.9. The number of halogens is 3. The van der Waals surface area contributed by atoms with E-state index in [1.807, 2.05) is 0 Å². The molecule has 2 aromatic heterocycles. The van der Waals surface area contributed by atoms with E-state index in [-0.39, 0.29) is 5.82 Å². The van der Waals surface area contributed by atoms with E-state index in [9.17, 15) is 13.2 Å². The van der Waals surface area contributed by atoms with Crippen LogP contribution in [0.25, 0.3) is 5.82 Å². The van der Waals surface area contributed by atoms with Crippen LogP contribution in [-0.2, 0) is 6.18 Å². The van der Waals surface area contributed by atoms with Crippen molar-refractivity contribution in [3.8, 4) is 5.82 Å². The summed E-state index contributed by atoms with van der Waals surface area (Å²) in [5, 5.41) is 11.3. The van der Waals surface area contributed by atoms with Gasteiger partial charge in [-0.05, 0) is 12.1 Å². The standard InChI is InChI=1S/C10H8F3N5O/c11-10(12,13)6-2-1-3-15-8(6)18-5-4-16-9(18)7(14)17-19/h1-5,19H,(H2,14,17). The van der Waals surface area contributed by atoms with Crippen LogP contribution in [0.15, 0.2) is 35.9 Å². The Kier molecular flexibility index (Phi) is 3.11. The molecule has 0 aromatic carbocycles. The van der Waals surface area contributed by atoms with Crippen molar-refractivity contribution in [1.29, 1.82) is 0 Å². The van der Waals surface area contributed by atoms with Crippen LogP contribution in [0.3, 0.4) is 0 Å². The molecule has 0 amide bonds. The minimum Gasteiger partial charge on any atom is -0.409 e. The molecule has 0 aliphatic heterocycles. The molecule has 2 aromatic rings. The first-order valence-corrected chi connectivity index (χ1v) is 4.99. The summed E-state index contributed by atoms with van der Waals surface area (Å²) in [5.41, 5.74) is 4.40. The van der Waals surface area contributed by atoms with Gasteiger partial charge in [0.15, 0.2) is 11.6 Å². The molecule has 6 nitrogen and oxygen atoms in total. The third-order valence-corrected chi connectivity index (χ3v) is 2.30. The number of hydrogen-bond acceptors (Lipinski definition) is 4. The van der Waals surface area contributed by atoms with Crippen molar-refractivity contribution in [3.05, 3.63) is 42.1 Å². The molecule has 100 valence electrons. The fraction of sp³-hybridized carbons (Fsp3) is 0.100. The molecule has 0 atom stereocenters. The number of imidazole rings is 1. The third-order valence-electron chi connectivity index (χ3n) is 2.30. The lowest BCUT2D eigenvalue weighted by Crippen LogP contribution is -2.21. The van der Waals surface area contributed by atoms with Crippen LogP contribution >= 0.6 is 0 Å². The number of hydrogen-bond donors (Lipinski definition) is 2. The Labute approximate surface area is 105 Å². The van der Waals surface area contributed by atoms with E-state index in [0.29, 0.717) is 0 Å². The maximum absolute atomic E-state index is 12.9. The Morgan fingerprint density at radius 2 is 2.05 bits per heavy atom. The van der Waals surface area contributed by atoms with E-state index < -0.39 is 23.4 Å². The number of nitrogens with zero attached hydrogens (tertiary/aromatic N) is 4. The fourth-order valence-corrected chi connectivity index (χ4v) is 1.52. The van der Waals surface area contributed by atoms with Gasteiger partial charge in [0, 0.05) is 18.6 Å². The zero-order valence-electron chi connectivity index (χ0n) is 9.33. The van der Waals surface area contributed by atoms with E-state index in [0.717, 1.165) is 10.6 Å². The van der Waals surface area contributed by atoms with Gasteiger partial charge in [-0.25, -0.2) is 9.97 Å². The van der Waals surface area contributed by atoms with Gasteiger partial charge in [-0.15, -0.1) is 0 Å². The largest absolute Gasteiger partial charge is 0.419 e. The maximum Gasteiger partial charge on any atom is 0.419 e. The molecule has 9 heteroatoms. The van der Waals surface area contributed by atoms with E-state index in [1.165, 1.54) is 24.7 Å². The second-order valence-electron chi connectivity index (χ2n) is 3.48. The van der Waals surface area contributed by atoms with Gasteiger partial charge in [-0.2, -0.15) is 13.2 Å². The van der Waals surface area contributed by atoms with Crippen molar-refractivity contribution in [2.75, 3.05) is 0 Å². The number of amidine groups is 1. The van der Waals surface area contributed by atoms with E-state index in [4.69, 9.17) is 10.9 Å². The van der Waals surface area contributed by atoms with Crippen LogP contribution in [0.5, 0.6) is 0 Å². The molecule has 0 saturated heterocycles. The summed E-state index contributed by atoms with van der Waals surface area (Å²) in [6.45, 7) is 0. The van der Waals surface area contributed by atoms with Gasteiger partial charge in [0.1, 0.15) is 0 Å². The van der Waals surface area contributed by atoms with Crippen LogP contribution in [0.4, 0.5) is 13.2 Å². The second-order valence-corrected chi connectivity index (χ2v) is 3.48. The van der Waals surface area contributed by atoms with Gasteiger partial charge < -0.3 is 10.9 Å². The number of pyridine rings is 1. The van der Waals surface area contributed by atoms with Crippen LogP contribution in [0.2, 0.25) is 0 Å². The highest BCUT2D eigenvalue weighted by Crippen LogP contribution is 2.32. The van der Waals surface area contributed by atoms with Crippen molar-refractivity contribution in [2.45, 2.75) is 6.18 Å². The molecule has 0 aliphatic carbocycles. The number of nitrogens with two attached hydrogens (primary N) is 1. The fourth-order valence-electron chi connectivity index (χ4n) is 1.52. The molecule has 0 saturated carbocycles. The smallest absolute Gasteiger partial charge is 0.409 e. The van der Waals surface area contributed by atoms with Crippen LogP contribution in [0, 0.1) is 0 Å². The highest BCUT2D eigenvalue weighted by molar-refractivity contribution is 5.94. The third kappa shape index (κ3) is 2.34. The molecule has 0 aliphatic rings. The molecular weight excluding hydrogens is 263 g/mol. The average molecular weight is 271 g/mol. The van der Waals surface area contributed by atoms with Crippen molar-refractivity contribution in [3.63, 3.8) is 0 Å². The predicted octanol–water partition coefficient (Wildman–Crippen LogP) is 1.38. The Balaban J connectivity index is 2.64. The minimum absolute atomic E-state index is 0.133. The van der Waals surface area contributed by atoms with Gasteiger partial charge in [-0.3, -0.25) is 4.57 Å². The number of aromatic nitrogens is 3. The zero-order valence-corrected chi connectivity index (χ0v) is 9.33. The van der Waals surface area contributed by atoms with E-state index >= 15 is 0 Å². The summed E-state index contributed by atoms with van der Waals surface area (Å²) in [6.07, 6.45) is -0.899. The Morgan fingerprint density at radius 3 is 2.68 bits per heavy atom. The van der Waals surface area contributed by atoms with Gasteiger partial charge >= 0.3 is 6.18 Å². The molecule has 0 unspecified atom stereocenters. The first-order valence-electron chi connectivity index (χ1n) is 4.99. The van der Waals surface area contributed by atoms with Crippen LogP contribution in [-0.4, -0.2) is 25.6 Å². The monoisotopic (exact) mass is 271 g/mol. The highest BCUT2D eigenvalue weighted by atomic mass is 19.4. The number of oxime groups is 1. The van der Waals surface area contributed by atoms with Gasteiger partial charge in [0.25, 0.3) is 0 Å². The molecule has 0 spiro atoms. The van der Waals surface area contributed by atoms with Crippen molar-refractivity contribution in [1.82, 2.24) is 14.5 Å². The van der Waals surface area contributed by atoms with Crippen molar-refractivity contribution >= 4 is 5.84 Å². The Hall–Kier alpha value is -2.58. The summed E-state index contributed by atoms with van der Waals surface area (Å²) in [4.78, 5) is 7.40. The Morgan fingerprint density at radius 1 is 1.32 bits per heavy atom. The summed E-state index contributed by atoms with van der Waals surface area (Å²) >= 11 is 0. The molecule has 3 N–H and O–H groups in total. The van der Waals surface area contributed by atoms with Gasteiger partial charge in [-0.1, -0.05) is 5.16 Å². The van der Waals surface area contributed by atoms with Gasteiger partial charge in [0.2, 0.25) is 5.84 Å². The minimum atomic E-state index is -4.57. The van der Waals surface area contributed by atoms with E-state index in [2.05, 4.69) is 15.1 Å². The molecule has 2 rings (SSSR count). The second kappa shape index (κ2) is 4.59. The molecule has 2 heterocycles. The lowest BCUT2D eigenvalue weighted by atomic mass is 10.2. The Bertz CT molecular complexity index is 620. The molecule has 0 bridgehead atoms. The predicted molar refractivity (Wildman–Crippen MR) is 58.9 cm³/mol. The molecule has 19 heavy (non-hydrogen) atoms. The molecule has 0 fully saturated rings. The maximum atomic E-state index is 12.9. The van der Waals surface area contributed by atoms with Crippen LogP contribution in [0.1, 0.15) is 11.4 Å². The van der Waals surface area contributed by atoms with Crippen molar-refractivity contribution < 1.29 is 18.4 Å². The number of rotatable bonds is 2. The molecular formula is C10H8F3N5O. The summed E-state index contributed by atoms with van der Waals surface area (Å²) in [6, 6.07) is 2.06. The quantitative estimate of drug-likeness (QED) is 0.374. The lowest BCUT2D eigenvalue weighted by Gasteiger charge is -2.13. The first-order chi connectivity index (χ1) is 8.95. The average Bonchev–Trinajstić information content (AvgIpc) is 2.86. The van der Waals surface area contributed by atoms with Gasteiger partial charge in [0.05, 0.1) is 5.56 Å². The van der Waals surface area contributed by atoms with Crippen LogP contribution < -0.4 is 5.73 Å². The zero-order chi connectivity index (χ0) is 14.0. The SMILES string of the molecule is NC(=NO)c1nccn1-c1ncccc1C(F)(F)F. The van der Waals surface area contributed by atoms with E-state index in [1.54, 1.807) is 0 Å². The topological polar surface area (TPSA) is 89.3 Å².